The summed E-state index contributed by atoms with van der Waals surface area (Å²) in [4.78, 5) is 20.0. The lowest BCUT2D eigenvalue weighted by atomic mass is 10.2. The minimum Gasteiger partial charge on any atom is -0.475 e. The summed E-state index contributed by atoms with van der Waals surface area (Å²) < 4.78 is 15.8. The number of nitrogens with one attached hydrogen (secondary N) is 3. The number of guanidine groups is 1. The summed E-state index contributed by atoms with van der Waals surface area (Å²) >= 11 is 0. The number of methoxy groups -OCH3 is 1. The molecular formula is C19H33N5O4. The quantitative estimate of drug-likeness (QED) is 0.314. The Hall–Kier alpha value is -2.55. The number of hydrogen-bond donors (Lipinski definition) is 3. The molecule has 9 heteroatoms. The summed E-state index contributed by atoms with van der Waals surface area (Å²) in [5, 5.41) is 9.15. The first kappa shape index (κ1) is 23.5. The van der Waals surface area contributed by atoms with E-state index in [9.17, 15) is 4.79 Å². The number of carbonyl (C=O) groups is 1. The van der Waals surface area contributed by atoms with Crippen molar-refractivity contribution in [3.05, 3.63) is 23.9 Å². The number of aliphatic imine (C=N–C) groups is 1. The van der Waals surface area contributed by atoms with Gasteiger partial charge in [-0.2, -0.15) is 0 Å². The summed E-state index contributed by atoms with van der Waals surface area (Å²) in [6.07, 6.45) is 2.02. The Balaban J connectivity index is 2.32. The van der Waals surface area contributed by atoms with E-state index >= 15 is 0 Å². The zero-order valence-electron chi connectivity index (χ0n) is 17.5. The molecule has 0 saturated heterocycles. The Kier molecular flexibility index (Phi) is 10.7. The first-order valence-corrected chi connectivity index (χ1v) is 9.32. The monoisotopic (exact) mass is 395 g/mol. The molecule has 1 rings (SSSR count). The second-order valence-corrected chi connectivity index (χ2v) is 6.94. The van der Waals surface area contributed by atoms with Gasteiger partial charge in [0.15, 0.2) is 5.96 Å². The molecule has 3 N–H and O–H groups in total. The van der Waals surface area contributed by atoms with E-state index in [4.69, 9.17) is 14.2 Å². The van der Waals surface area contributed by atoms with Gasteiger partial charge in [0, 0.05) is 45.6 Å². The molecule has 0 aliphatic heterocycles. The lowest BCUT2D eigenvalue weighted by Gasteiger charge is -2.19. The lowest BCUT2D eigenvalue weighted by molar-refractivity contribution is 0.0527. The Morgan fingerprint density at radius 1 is 1.18 bits per heavy atom. The highest BCUT2D eigenvalue weighted by Gasteiger charge is 2.15. The molecule has 0 radical (unpaired) electrons. The summed E-state index contributed by atoms with van der Waals surface area (Å²) in [7, 11) is 3.33. The Labute approximate surface area is 167 Å². The molecule has 0 spiro atoms. The first-order chi connectivity index (χ1) is 13.4. The van der Waals surface area contributed by atoms with E-state index < -0.39 is 11.7 Å². The average Bonchev–Trinajstić information content (AvgIpc) is 2.63. The van der Waals surface area contributed by atoms with Crippen LogP contribution in [0.1, 0.15) is 32.8 Å². The van der Waals surface area contributed by atoms with Crippen molar-refractivity contribution in [1.82, 2.24) is 20.9 Å². The Bertz CT molecular complexity index is 617. The molecule has 28 heavy (non-hydrogen) atoms. The summed E-state index contributed by atoms with van der Waals surface area (Å²) in [5.74, 6) is 1.23. The first-order valence-electron chi connectivity index (χ1n) is 9.32. The SMILES string of the molecule is CN=C(NCCCNC(=O)OC(C)(C)C)NCc1cccnc1OCCOC. The zero-order chi connectivity index (χ0) is 20.8. The van der Waals surface area contributed by atoms with Gasteiger partial charge in [-0.05, 0) is 33.3 Å². The summed E-state index contributed by atoms with van der Waals surface area (Å²) in [6.45, 7) is 8.13. The number of nitrogens with zero attached hydrogens (tertiary/aromatic N) is 2. The van der Waals surface area contributed by atoms with E-state index in [0.717, 1.165) is 12.0 Å². The second kappa shape index (κ2) is 12.8. The maximum Gasteiger partial charge on any atom is 0.407 e. The lowest BCUT2D eigenvalue weighted by Crippen LogP contribution is -2.39. The van der Waals surface area contributed by atoms with E-state index in [0.29, 0.717) is 44.7 Å². The van der Waals surface area contributed by atoms with Crippen LogP contribution in [0.3, 0.4) is 0 Å². The van der Waals surface area contributed by atoms with Crippen LogP contribution < -0.4 is 20.7 Å². The van der Waals surface area contributed by atoms with Crippen molar-refractivity contribution in [2.45, 2.75) is 39.3 Å². The van der Waals surface area contributed by atoms with Crippen LogP contribution in [0.2, 0.25) is 0 Å². The number of alkyl carbamates (subject to hydrolysis) is 1. The van der Waals surface area contributed by atoms with Crippen molar-refractivity contribution in [3.63, 3.8) is 0 Å². The van der Waals surface area contributed by atoms with Crippen molar-refractivity contribution in [2.75, 3.05) is 40.5 Å². The number of rotatable bonds is 10. The molecule has 0 atom stereocenters. The zero-order valence-corrected chi connectivity index (χ0v) is 17.5. The molecule has 9 nitrogen and oxygen atoms in total. The molecule has 1 heterocycles. The molecule has 1 aromatic rings. The Morgan fingerprint density at radius 2 is 1.93 bits per heavy atom. The second-order valence-electron chi connectivity index (χ2n) is 6.94. The molecule has 0 aliphatic carbocycles. The topological polar surface area (TPSA) is 106 Å². The van der Waals surface area contributed by atoms with Crippen LogP contribution in [-0.2, 0) is 16.0 Å². The van der Waals surface area contributed by atoms with Crippen molar-refractivity contribution >= 4 is 12.1 Å². The summed E-state index contributed by atoms with van der Waals surface area (Å²) in [6, 6.07) is 3.80. The molecule has 0 aromatic carbocycles. The average molecular weight is 396 g/mol. The van der Waals surface area contributed by atoms with Crippen LogP contribution >= 0.6 is 0 Å². The van der Waals surface area contributed by atoms with Crippen LogP contribution in [0, 0.1) is 0 Å². The number of pyridine rings is 1. The number of carbonyl (C=O) groups excluding carboxylic acids is 1. The van der Waals surface area contributed by atoms with Crippen molar-refractivity contribution < 1.29 is 19.0 Å². The van der Waals surface area contributed by atoms with E-state index in [1.807, 2.05) is 32.9 Å². The molecule has 158 valence electrons. The standard InChI is InChI=1S/C19H33N5O4/c1-19(2,3)28-18(25)23-11-7-10-22-17(20-4)24-14-15-8-6-9-21-16(15)27-13-12-26-5/h6,8-9H,7,10-14H2,1-5H3,(H,23,25)(H2,20,22,24). The highest BCUT2D eigenvalue weighted by atomic mass is 16.6. The normalized spacial score (nSPS) is 11.7. The number of ether oxygens (including phenoxy) is 3. The van der Waals surface area contributed by atoms with Gasteiger partial charge in [-0.25, -0.2) is 9.78 Å². The van der Waals surface area contributed by atoms with Gasteiger partial charge in [0.1, 0.15) is 12.2 Å². The number of aromatic nitrogens is 1. The van der Waals surface area contributed by atoms with Gasteiger partial charge in [0.25, 0.3) is 0 Å². The van der Waals surface area contributed by atoms with E-state index in [1.54, 1.807) is 20.4 Å². The van der Waals surface area contributed by atoms with Gasteiger partial charge in [0.2, 0.25) is 5.88 Å². The van der Waals surface area contributed by atoms with Crippen LogP contribution in [0.4, 0.5) is 4.79 Å². The third-order valence-electron chi connectivity index (χ3n) is 3.36. The van der Waals surface area contributed by atoms with Crippen LogP contribution in [0.15, 0.2) is 23.3 Å². The molecule has 0 unspecified atom stereocenters. The third kappa shape index (κ3) is 10.6. The molecular weight excluding hydrogens is 362 g/mol. The van der Waals surface area contributed by atoms with E-state index in [-0.39, 0.29) is 0 Å². The fourth-order valence-corrected chi connectivity index (χ4v) is 2.11. The number of hydrogen-bond acceptors (Lipinski definition) is 6. The predicted octanol–water partition coefficient (Wildman–Crippen LogP) is 1.69. The van der Waals surface area contributed by atoms with Crippen molar-refractivity contribution in [2.24, 2.45) is 4.99 Å². The molecule has 0 aliphatic rings. The van der Waals surface area contributed by atoms with E-state index in [1.165, 1.54) is 0 Å². The number of amides is 1. The van der Waals surface area contributed by atoms with Gasteiger partial charge in [-0.15, -0.1) is 0 Å². The minimum atomic E-state index is -0.493. The smallest absolute Gasteiger partial charge is 0.407 e. The minimum absolute atomic E-state index is 0.410. The molecule has 0 bridgehead atoms. The molecule has 1 aromatic heterocycles. The van der Waals surface area contributed by atoms with Crippen LogP contribution in [0.5, 0.6) is 5.88 Å². The van der Waals surface area contributed by atoms with Crippen molar-refractivity contribution in [1.29, 1.82) is 0 Å². The highest BCUT2D eigenvalue weighted by Crippen LogP contribution is 2.13. The largest absolute Gasteiger partial charge is 0.475 e. The van der Waals surface area contributed by atoms with Gasteiger partial charge in [0.05, 0.1) is 6.61 Å². The predicted molar refractivity (Wildman–Crippen MR) is 109 cm³/mol. The molecule has 0 fully saturated rings. The fourth-order valence-electron chi connectivity index (χ4n) is 2.11. The van der Waals surface area contributed by atoms with Gasteiger partial charge in [-0.1, -0.05) is 6.07 Å². The van der Waals surface area contributed by atoms with Gasteiger partial charge in [-0.3, -0.25) is 4.99 Å². The fraction of sp³-hybridized carbons (Fsp3) is 0.632. The molecule has 1 amide bonds. The van der Waals surface area contributed by atoms with Crippen molar-refractivity contribution in [3.8, 4) is 5.88 Å². The van der Waals surface area contributed by atoms with Gasteiger partial charge >= 0.3 is 6.09 Å². The third-order valence-corrected chi connectivity index (χ3v) is 3.36. The Morgan fingerprint density at radius 3 is 2.61 bits per heavy atom. The van der Waals surface area contributed by atoms with Gasteiger partial charge < -0.3 is 30.2 Å². The maximum absolute atomic E-state index is 11.6. The van der Waals surface area contributed by atoms with Crippen LogP contribution in [0.25, 0.3) is 0 Å². The van der Waals surface area contributed by atoms with E-state index in [2.05, 4.69) is 25.9 Å². The molecule has 0 saturated carbocycles. The highest BCUT2D eigenvalue weighted by molar-refractivity contribution is 5.79. The maximum atomic E-state index is 11.6. The summed E-state index contributed by atoms with van der Waals surface area (Å²) in [5.41, 5.74) is 0.431. The van der Waals surface area contributed by atoms with Crippen LogP contribution in [-0.4, -0.2) is 63.1 Å².